The zero-order valence-corrected chi connectivity index (χ0v) is 19.7. The minimum Gasteiger partial charge on any atom is -0.351 e. The fourth-order valence-corrected chi connectivity index (χ4v) is 4.84. The summed E-state index contributed by atoms with van der Waals surface area (Å²) in [7, 11) is 0. The number of fused-ring (bicyclic) bond motifs is 2. The fourth-order valence-electron chi connectivity index (χ4n) is 4.84. The van der Waals surface area contributed by atoms with E-state index in [0.717, 1.165) is 29.1 Å². The highest BCUT2D eigenvalue weighted by Crippen LogP contribution is 2.25. The third-order valence-corrected chi connectivity index (χ3v) is 6.81. The Labute approximate surface area is 205 Å². The predicted octanol–water partition coefficient (Wildman–Crippen LogP) is 4.67. The molecule has 1 aliphatic rings. The number of nitrogens with zero attached hydrogens (tertiary/aromatic N) is 3. The number of nitrogens with one attached hydrogen (secondary N) is 2. The lowest BCUT2D eigenvalue weighted by atomic mass is 9.96. The van der Waals surface area contributed by atoms with E-state index < -0.39 is 18.6 Å². The molecule has 1 aliphatic heterocycles. The van der Waals surface area contributed by atoms with Crippen LogP contribution in [0.4, 0.5) is 13.2 Å². The van der Waals surface area contributed by atoms with Gasteiger partial charge >= 0.3 is 6.18 Å². The highest BCUT2D eigenvalue weighted by Gasteiger charge is 2.29. The Morgan fingerprint density at radius 3 is 2.61 bits per heavy atom. The van der Waals surface area contributed by atoms with E-state index in [1.807, 2.05) is 51.4 Å². The number of H-pyrrole nitrogens is 1. The molecule has 2 aromatic heterocycles. The van der Waals surface area contributed by atoms with Crippen LogP contribution in [0.2, 0.25) is 0 Å². The van der Waals surface area contributed by atoms with Gasteiger partial charge in [0.05, 0.1) is 5.52 Å². The van der Waals surface area contributed by atoms with Gasteiger partial charge in [-0.3, -0.25) is 14.3 Å². The second-order valence-electron chi connectivity index (χ2n) is 9.33. The molecule has 3 heterocycles. The van der Waals surface area contributed by atoms with E-state index in [-0.39, 0.29) is 11.5 Å². The molecule has 2 N–H and O–H groups in total. The van der Waals surface area contributed by atoms with Crippen LogP contribution in [0.5, 0.6) is 0 Å². The highest BCUT2D eigenvalue weighted by molar-refractivity contribution is 6.00. The number of alkyl halides is 3. The molecular formula is C26H26F3N5O2. The third-order valence-electron chi connectivity index (χ3n) is 6.81. The molecule has 2 aromatic carbocycles. The van der Waals surface area contributed by atoms with Crippen LogP contribution in [-0.2, 0) is 6.54 Å². The molecule has 0 radical (unpaired) electrons. The second kappa shape index (κ2) is 9.33. The smallest absolute Gasteiger partial charge is 0.351 e. The van der Waals surface area contributed by atoms with Gasteiger partial charge in [0, 0.05) is 47.7 Å². The molecule has 1 fully saturated rings. The molecule has 0 spiro atoms. The van der Waals surface area contributed by atoms with Crippen LogP contribution in [-0.4, -0.2) is 57.3 Å². The number of piperidine rings is 1. The molecule has 5 rings (SSSR count). The molecule has 1 saturated heterocycles. The van der Waals surface area contributed by atoms with Crippen LogP contribution in [0.25, 0.3) is 21.8 Å². The van der Waals surface area contributed by atoms with Gasteiger partial charge in [-0.1, -0.05) is 18.2 Å². The van der Waals surface area contributed by atoms with Gasteiger partial charge < -0.3 is 15.2 Å². The Hall–Kier alpha value is -3.82. The summed E-state index contributed by atoms with van der Waals surface area (Å²) in [4.78, 5) is 30.3. The summed E-state index contributed by atoms with van der Waals surface area (Å²) in [6.45, 7) is 2.32. The van der Waals surface area contributed by atoms with E-state index in [0.29, 0.717) is 42.3 Å². The Kier molecular flexibility index (Phi) is 6.19. The van der Waals surface area contributed by atoms with E-state index in [1.54, 1.807) is 13.0 Å². The molecule has 0 saturated carbocycles. The van der Waals surface area contributed by atoms with Gasteiger partial charge in [0.25, 0.3) is 11.8 Å². The van der Waals surface area contributed by atoms with Crippen molar-refractivity contribution in [3.63, 3.8) is 0 Å². The number of halogens is 3. The third kappa shape index (κ3) is 4.93. The summed E-state index contributed by atoms with van der Waals surface area (Å²) in [5.41, 5.74) is 3.02. The minimum atomic E-state index is -4.46. The van der Waals surface area contributed by atoms with Crippen molar-refractivity contribution in [2.45, 2.75) is 32.5 Å². The molecule has 188 valence electrons. The molecular weight excluding hydrogens is 471 g/mol. The molecule has 2 amide bonds. The van der Waals surface area contributed by atoms with E-state index in [1.165, 1.54) is 6.07 Å². The summed E-state index contributed by atoms with van der Waals surface area (Å²) in [5.74, 6) is -0.422. The van der Waals surface area contributed by atoms with E-state index in [4.69, 9.17) is 0 Å². The number of amides is 2. The van der Waals surface area contributed by atoms with Crippen molar-refractivity contribution in [2.75, 3.05) is 19.6 Å². The van der Waals surface area contributed by atoms with Crippen molar-refractivity contribution in [3.05, 3.63) is 65.5 Å². The summed E-state index contributed by atoms with van der Waals surface area (Å²) in [6.07, 6.45) is -0.944. The van der Waals surface area contributed by atoms with E-state index in [2.05, 4.69) is 10.1 Å². The zero-order chi connectivity index (χ0) is 25.4. The van der Waals surface area contributed by atoms with Crippen molar-refractivity contribution in [3.8, 4) is 0 Å². The van der Waals surface area contributed by atoms with Crippen molar-refractivity contribution >= 4 is 33.6 Å². The zero-order valence-electron chi connectivity index (χ0n) is 19.7. The molecule has 0 atom stereocenters. The average molecular weight is 498 g/mol. The van der Waals surface area contributed by atoms with Crippen molar-refractivity contribution in [2.24, 2.45) is 5.92 Å². The van der Waals surface area contributed by atoms with Gasteiger partial charge in [0.15, 0.2) is 0 Å². The number of benzene rings is 2. The Balaban J connectivity index is 1.21. The first-order valence-corrected chi connectivity index (χ1v) is 11.9. The molecule has 0 aliphatic carbocycles. The monoisotopic (exact) mass is 497 g/mol. The average Bonchev–Trinajstić information content (AvgIpc) is 3.47. The SMILES string of the molecule is Cc1c(C(=O)NCC(F)(F)F)ccc2nn(CC3CCN(C(=O)c4cc5ccccc5[nH]4)CC3)cc12. The molecule has 36 heavy (non-hydrogen) atoms. The number of aromatic amines is 1. The fraction of sp³-hybridized carbons (Fsp3) is 0.346. The number of hydrogen-bond acceptors (Lipinski definition) is 3. The lowest BCUT2D eigenvalue weighted by Crippen LogP contribution is -2.39. The van der Waals surface area contributed by atoms with Crippen LogP contribution in [0.15, 0.2) is 48.7 Å². The maximum Gasteiger partial charge on any atom is 0.405 e. The van der Waals surface area contributed by atoms with Gasteiger partial charge in [-0.25, -0.2) is 0 Å². The maximum absolute atomic E-state index is 13.0. The number of likely N-dealkylation sites (tertiary alicyclic amines) is 1. The van der Waals surface area contributed by atoms with Crippen LogP contribution in [0.3, 0.4) is 0 Å². The summed E-state index contributed by atoms with van der Waals surface area (Å²) in [5, 5.41) is 8.27. The Morgan fingerprint density at radius 1 is 1.14 bits per heavy atom. The predicted molar refractivity (Wildman–Crippen MR) is 130 cm³/mol. The van der Waals surface area contributed by atoms with Crippen molar-refractivity contribution in [1.82, 2.24) is 25.0 Å². The second-order valence-corrected chi connectivity index (χ2v) is 9.33. The first kappa shape index (κ1) is 23.9. The van der Waals surface area contributed by atoms with Crippen LogP contribution >= 0.6 is 0 Å². The minimum absolute atomic E-state index is 0.00133. The first-order valence-electron chi connectivity index (χ1n) is 11.9. The topological polar surface area (TPSA) is 83.0 Å². The normalized spacial score (nSPS) is 15.1. The highest BCUT2D eigenvalue weighted by atomic mass is 19.4. The van der Waals surface area contributed by atoms with Gasteiger partial charge in [-0.2, -0.15) is 18.3 Å². The van der Waals surface area contributed by atoms with Crippen LogP contribution in [0, 0.1) is 12.8 Å². The molecule has 7 nitrogen and oxygen atoms in total. The lowest BCUT2D eigenvalue weighted by Gasteiger charge is -2.31. The first-order chi connectivity index (χ1) is 17.2. The Morgan fingerprint density at radius 2 is 1.89 bits per heavy atom. The van der Waals surface area contributed by atoms with E-state index >= 15 is 0 Å². The standard InChI is InChI=1S/C26H26F3N5O2/c1-16-19(24(35)30-15-26(27,28)29)6-7-22-20(16)14-34(32-22)13-17-8-10-33(11-9-17)25(36)23-12-18-4-2-3-5-21(18)31-23/h2-7,12,14,17,31H,8-11,13,15H2,1H3,(H,30,35). The summed E-state index contributed by atoms with van der Waals surface area (Å²) in [6, 6.07) is 12.9. The number of aromatic nitrogens is 3. The number of aryl methyl sites for hydroxylation is 1. The number of hydrogen-bond donors (Lipinski definition) is 2. The summed E-state index contributed by atoms with van der Waals surface area (Å²) < 4.78 is 39.2. The van der Waals surface area contributed by atoms with Gasteiger partial charge in [0.2, 0.25) is 0 Å². The van der Waals surface area contributed by atoms with Crippen LogP contribution < -0.4 is 5.32 Å². The van der Waals surface area contributed by atoms with Gasteiger partial charge in [-0.15, -0.1) is 0 Å². The van der Waals surface area contributed by atoms with Gasteiger partial charge in [-0.05, 0) is 55.5 Å². The largest absolute Gasteiger partial charge is 0.405 e. The number of carbonyl (C=O) groups is 2. The molecule has 4 aromatic rings. The van der Waals surface area contributed by atoms with Crippen molar-refractivity contribution < 1.29 is 22.8 Å². The molecule has 10 heteroatoms. The quantitative estimate of drug-likeness (QED) is 0.420. The van der Waals surface area contributed by atoms with E-state index in [9.17, 15) is 22.8 Å². The number of carbonyl (C=O) groups excluding carboxylic acids is 2. The molecule has 0 bridgehead atoms. The Bertz CT molecular complexity index is 1400. The lowest BCUT2D eigenvalue weighted by molar-refractivity contribution is -0.123. The van der Waals surface area contributed by atoms with Gasteiger partial charge in [0.1, 0.15) is 12.2 Å². The summed E-state index contributed by atoms with van der Waals surface area (Å²) >= 11 is 0. The molecule has 0 unspecified atom stereocenters. The number of rotatable bonds is 5. The number of para-hydroxylation sites is 1. The van der Waals surface area contributed by atoms with Crippen molar-refractivity contribution in [1.29, 1.82) is 0 Å². The van der Waals surface area contributed by atoms with Crippen LogP contribution in [0.1, 0.15) is 39.3 Å². The maximum atomic E-state index is 13.0.